The van der Waals surface area contributed by atoms with Crippen LogP contribution in [0.1, 0.15) is 53.8 Å². The molecule has 174 valence electrons. The second-order valence-electron chi connectivity index (χ2n) is 8.23. The number of rotatable bonds is 6. The molecular formula is C24H27FN4O3S. The van der Waals surface area contributed by atoms with Crippen LogP contribution >= 0.6 is 0 Å². The van der Waals surface area contributed by atoms with Crippen molar-refractivity contribution in [3.63, 3.8) is 0 Å². The van der Waals surface area contributed by atoms with Crippen molar-refractivity contribution in [2.45, 2.75) is 44.0 Å². The molecule has 1 saturated heterocycles. The van der Waals surface area contributed by atoms with Gasteiger partial charge < -0.3 is 5.32 Å². The summed E-state index contributed by atoms with van der Waals surface area (Å²) in [5.74, 6) is -0.796. The Morgan fingerprint density at radius 3 is 2.42 bits per heavy atom. The monoisotopic (exact) mass is 470 g/mol. The quantitative estimate of drug-likeness (QED) is 0.591. The van der Waals surface area contributed by atoms with Crippen LogP contribution in [0.15, 0.2) is 59.6 Å². The third-order valence-electron chi connectivity index (χ3n) is 6.00. The van der Waals surface area contributed by atoms with Crippen LogP contribution in [-0.2, 0) is 10.0 Å². The molecule has 3 aromatic rings. The van der Waals surface area contributed by atoms with Crippen molar-refractivity contribution in [2.24, 2.45) is 0 Å². The van der Waals surface area contributed by atoms with Crippen molar-refractivity contribution in [3.8, 4) is 5.69 Å². The second kappa shape index (κ2) is 9.44. The molecule has 1 N–H and O–H groups in total. The van der Waals surface area contributed by atoms with E-state index in [-0.39, 0.29) is 16.3 Å². The summed E-state index contributed by atoms with van der Waals surface area (Å²) >= 11 is 0. The highest BCUT2D eigenvalue weighted by Crippen LogP contribution is 2.25. The van der Waals surface area contributed by atoms with E-state index in [1.54, 1.807) is 35.1 Å². The molecule has 7 nitrogen and oxygen atoms in total. The molecule has 9 heteroatoms. The number of carbonyl (C=O) groups excluding carboxylic acids is 1. The van der Waals surface area contributed by atoms with E-state index in [9.17, 15) is 17.6 Å². The van der Waals surface area contributed by atoms with Crippen molar-refractivity contribution >= 4 is 15.9 Å². The molecule has 33 heavy (non-hydrogen) atoms. The highest BCUT2D eigenvalue weighted by molar-refractivity contribution is 7.89. The Hall–Kier alpha value is -3.04. The number of aromatic nitrogens is 2. The lowest BCUT2D eigenvalue weighted by molar-refractivity contribution is 0.0936. The number of sulfonamides is 1. The molecule has 0 saturated carbocycles. The van der Waals surface area contributed by atoms with E-state index in [1.807, 2.05) is 13.8 Å². The molecule has 1 amide bonds. The van der Waals surface area contributed by atoms with E-state index in [2.05, 4.69) is 10.4 Å². The molecule has 1 fully saturated rings. The summed E-state index contributed by atoms with van der Waals surface area (Å²) in [6, 6.07) is 11.9. The van der Waals surface area contributed by atoms with E-state index >= 15 is 0 Å². The minimum absolute atomic E-state index is 0.0235. The number of carbonyl (C=O) groups is 1. The molecule has 0 radical (unpaired) electrons. The number of hydrogen-bond acceptors (Lipinski definition) is 4. The van der Waals surface area contributed by atoms with Gasteiger partial charge >= 0.3 is 0 Å². The fraction of sp³-hybridized carbons (Fsp3) is 0.333. The Kier molecular flexibility index (Phi) is 6.62. The molecule has 1 aliphatic heterocycles. The maximum absolute atomic E-state index is 13.3. The third kappa shape index (κ3) is 4.69. The summed E-state index contributed by atoms with van der Waals surface area (Å²) < 4.78 is 42.8. The van der Waals surface area contributed by atoms with Gasteiger partial charge in [-0.25, -0.2) is 17.5 Å². The smallest absolute Gasteiger partial charge is 0.253 e. The van der Waals surface area contributed by atoms with E-state index in [4.69, 9.17) is 0 Å². The van der Waals surface area contributed by atoms with Crippen LogP contribution in [0, 0.1) is 12.7 Å². The average Bonchev–Trinajstić information content (AvgIpc) is 3.21. The van der Waals surface area contributed by atoms with Crippen molar-refractivity contribution in [3.05, 3.63) is 77.4 Å². The lowest BCUT2D eigenvalue weighted by Crippen LogP contribution is -2.37. The van der Waals surface area contributed by atoms with Gasteiger partial charge in [0.1, 0.15) is 5.82 Å². The van der Waals surface area contributed by atoms with Crippen molar-refractivity contribution in [1.29, 1.82) is 0 Å². The molecule has 2 aromatic carbocycles. The molecule has 1 aromatic heterocycles. The minimum Gasteiger partial charge on any atom is -0.345 e. The van der Waals surface area contributed by atoms with Gasteiger partial charge in [-0.2, -0.15) is 9.40 Å². The van der Waals surface area contributed by atoms with Gasteiger partial charge in [-0.15, -0.1) is 0 Å². The zero-order chi connectivity index (χ0) is 23.6. The predicted molar refractivity (Wildman–Crippen MR) is 123 cm³/mol. The van der Waals surface area contributed by atoms with E-state index < -0.39 is 22.0 Å². The summed E-state index contributed by atoms with van der Waals surface area (Å²) in [4.78, 5) is 13.2. The van der Waals surface area contributed by atoms with Crippen LogP contribution in [0.25, 0.3) is 5.69 Å². The Morgan fingerprint density at radius 2 is 1.73 bits per heavy atom. The van der Waals surface area contributed by atoms with Crippen molar-refractivity contribution < 1.29 is 17.6 Å². The summed E-state index contributed by atoms with van der Waals surface area (Å²) in [6.07, 6.45) is 4.31. The zero-order valence-corrected chi connectivity index (χ0v) is 19.5. The lowest BCUT2D eigenvalue weighted by atomic mass is 10.1. The number of benzene rings is 2. The van der Waals surface area contributed by atoms with Crippen molar-refractivity contribution in [2.75, 3.05) is 13.1 Å². The number of nitrogens with zero attached hydrogens (tertiary/aromatic N) is 3. The fourth-order valence-corrected chi connectivity index (χ4v) is 5.87. The first-order valence-electron chi connectivity index (χ1n) is 11.0. The predicted octanol–water partition coefficient (Wildman–Crippen LogP) is 3.99. The molecular weight excluding hydrogens is 443 g/mol. The molecule has 1 atom stereocenters. The normalized spacial score (nSPS) is 15.8. The molecule has 2 heterocycles. The summed E-state index contributed by atoms with van der Waals surface area (Å²) in [5.41, 5.74) is 2.41. The number of nitrogens with one attached hydrogen (secondary N) is 1. The topological polar surface area (TPSA) is 84.3 Å². The van der Waals surface area contributed by atoms with Crippen LogP contribution in [0.4, 0.5) is 4.39 Å². The number of piperidine rings is 1. The molecule has 0 aliphatic carbocycles. The fourth-order valence-electron chi connectivity index (χ4n) is 4.17. The van der Waals surface area contributed by atoms with E-state index in [1.165, 1.54) is 28.6 Å². The Labute approximate surface area is 193 Å². The van der Waals surface area contributed by atoms with Gasteiger partial charge in [0.2, 0.25) is 10.0 Å². The Morgan fingerprint density at radius 1 is 1.06 bits per heavy atom. The van der Waals surface area contributed by atoms with Crippen LogP contribution in [-0.4, -0.2) is 41.5 Å². The molecule has 0 spiro atoms. The van der Waals surface area contributed by atoms with E-state index in [0.29, 0.717) is 18.8 Å². The maximum Gasteiger partial charge on any atom is 0.253 e. The van der Waals surface area contributed by atoms with Gasteiger partial charge in [0.05, 0.1) is 28.4 Å². The second-order valence-corrected chi connectivity index (χ2v) is 10.1. The van der Waals surface area contributed by atoms with Gasteiger partial charge in [0.15, 0.2) is 0 Å². The molecule has 1 unspecified atom stereocenters. The van der Waals surface area contributed by atoms with Gasteiger partial charge in [-0.1, -0.05) is 18.6 Å². The van der Waals surface area contributed by atoms with Crippen LogP contribution in [0.2, 0.25) is 0 Å². The zero-order valence-electron chi connectivity index (χ0n) is 18.7. The van der Waals surface area contributed by atoms with Crippen LogP contribution in [0.3, 0.4) is 0 Å². The highest BCUT2D eigenvalue weighted by Gasteiger charge is 2.30. The molecule has 0 bridgehead atoms. The largest absolute Gasteiger partial charge is 0.345 e. The van der Waals surface area contributed by atoms with Crippen LogP contribution in [0.5, 0.6) is 0 Å². The summed E-state index contributed by atoms with van der Waals surface area (Å²) in [6.45, 7) is 4.62. The first-order chi connectivity index (χ1) is 15.8. The first kappa shape index (κ1) is 23.1. The number of amides is 1. The number of hydrogen-bond donors (Lipinski definition) is 1. The lowest BCUT2D eigenvalue weighted by Gasteiger charge is -2.26. The Bertz CT molecular complexity index is 1250. The first-order valence-corrected chi connectivity index (χ1v) is 12.4. The van der Waals surface area contributed by atoms with Crippen molar-refractivity contribution in [1.82, 2.24) is 19.4 Å². The maximum atomic E-state index is 13.3. The highest BCUT2D eigenvalue weighted by atomic mass is 32.2. The van der Waals surface area contributed by atoms with Gasteiger partial charge in [-0.3, -0.25) is 4.79 Å². The van der Waals surface area contributed by atoms with E-state index in [0.717, 1.165) is 30.5 Å². The third-order valence-corrected chi connectivity index (χ3v) is 7.95. The van der Waals surface area contributed by atoms with Gasteiger partial charge in [-0.05, 0) is 63.1 Å². The average molecular weight is 471 g/mol. The minimum atomic E-state index is -3.76. The molecule has 4 rings (SSSR count). The van der Waals surface area contributed by atoms with Gasteiger partial charge in [0.25, 0.3) is 5.91 Å². The van der Waals surface area contributed by atoms with Gasteiger partial charge in [0, 0.05) is 24.3 Å². The molecule has 1 aliphatic rings. The summed E-state index contributed by atoms with van der Waals surface area (Å²) in [7, 11) is -3.76. The standard InChI is InChI=1S/C24H27FN4O3S/c1-17(22-16-26-29(18(22)2)20-12-10-19(25)11-13-20)27-24(30)21-8-4-5-9-23(21)33(31,32)28-14-6-3-7-15-28/h4-5,8-13,16-17H,3,6-7,14-15H2,1-2H3,(H,27,30). The SMILES string of the molecule is Cc1c(C(C)NC(=O)c2ccccc2S(=O)(=O)N2CCCCC2)cnn1-c1ccc(F)cc1. The number of halogens is 1. The Balaban J connectivity index is 1.57. The summed E-state index contributed by atoms with van der Waals surface area (Å²) in [5, 5.41) is 7.28. The van der Waals surface area contributed by atoms with Crippen LogP contribution < -0.4 is 5.32 Å².